The van der Waals surface area contributed by atoms with Crippen LogP contribution in [-0.2, 0) is 11.2 Å². The van der Waals surface area contributed by atoms with E-state index in [1.54, 1.807) is 23.5 Å². The van der Waals surface area contributed by atoms with E-state index in [1.807, 2.05) is 23.6 Å². The minimum atomic E-state index is -0.0489. The lowest BCUT2D eigenvalue weighted by Crippen LogP contribution is -2.25. The Kier molecular flexibility index (Phi) is 5.66. The van der Waals surface area contributed by atoms with Crippen LogP contribution in [0.3, 0.4) is 0 Å². The third-order valence-electron chi connectivity index (χ3n) is 3.81. The van der Waals surface area contributed by atoms with E-state index in [4.69, 9.17) is 9.47 Å². The molecule has 122 valence electrons. The van der Waals surface area contributed by atoms with Crippen molar-refractivity contribution in [3.8, 4) is 5.75 Å². The summed E-state index contributed by atoms with van der Waals surface area (Å²) in [5, 5.41) is 4.99. The second-order valence-electron chi connectivity index (χ2n) is 5.56. The first kappa shape index (κ1) is 16.0. The van der Waals surface area contributed by atoms with E-state index in [1.165, 1.54) is 4.88 Å². The summed E-state index contributed by atoms with van der Waals surface area (Å²) in [5.74, 6) is 0.725. The molecule has 23 heavy (non-hydrogen) atoms. The Labute approximate surface area is 140 Å². The summed E-state index contributed by atoms with van der Waals surface area (Å²) in [6.45, 7) is 2.06. The lowest BCUT2D eigenvalue weighted by molar-refractivity contribution is 0.0679. The molecular weight excluding hydrogens is 310 g/mol. The Morgan fingerprint density at radius 2 is 2.17 bits per heavy atom. The Hall–Kier alpha value is -1.85. The lowest BCUT2D eigenvalue weighted by atomic mass is 10.2. The Morgan fingerprint density at radius 1 is 1.30 bits per heavy atom. The van der Waals surface area contributed by atoms with E-state index >= 15 is 0 Å². The third kappa shape index (κ3) is 4.81. The van der Waals surface area contributed by atoms with Crippen molar-refractivity contribution in [3.05, 3.63) is 52.2 Å². The molecule has 1 fully saturated rings. The summed E-state index contributed by atoms with van der Waals surface area (Å²) in [6, 6.07) is 11.4. The third-order valence-corrected chi connectivity index (χ3v) is 4.75. The monoisotopic (exact) mass is 331 g/mol. The molecule has 0 radical (unpaired) electrons. The molecule has 0 spiro atoms. The highest BCUT2D eigenvalue weighted by Crippen LogP contribution is 2.16. The van der Waals surface area contributed by atoms with Crippen molar-refractivity contribution < 1.29 is 14.3 Å². The van der Waals surface area contributed by atoms with Crippen molar-refractivity contribution in [1.82, 2.24) is 5.32 Å². The van der Waals surface area contributed by atoms with E-state index in [-0.39, 0.29) is 12.0 Å². The van der Waals surface area contributed by atoms with E-state index in [9.17, 15) is 4.79 Å². The molecule has 0 saturated carbocycles. The number of nitrogens with one attached hydrogen (secondary N) is 1. The van der Waals surface area contributed by atoms with Crippen molar-refractivity contribution in [2.45, 2.75) is 25.4 Å². The number of rotatable bonds is 7. The summed E-state index contributed by atoms with van der Waals surface area (Å²) in [5.41, 5.74) is 0.653. The van der Waals surface area contributed by atoms with Crippen molar-refractivity contribution >= 4 is 17.2 Å². The van der Waals surface area contributed by atoms with Gasteiger partial charge in [0.25, 0.3) is 5.91 Å². The van der Waals surface area contributed by atoms with Gasteiger partial charge >= 0.3 is 0 Å². The molecule has 1 aromatic heterocycles. The summed E-state index contributed by atoms with van der Waals surface area (Å²) >= 11 is 1.71. The van der Waals surface area contributed by atoms with Gasteiger partial charge in [-0.05, 0) is 55.0 Å². The number of ether oxygens (including phenoxy) is 2. The van der Waals surface area contributed by atoms with Gasteiger partial charge in [-0.3, -0.25) is 4.79 Å². The second kappa shape index (κ2) is 8.13. The minimum Gasteiger partial charge on any atom is -0.491 e. The predicted octanol–water partition coefficient (Wildman–Crippen LogP) is 3.28. The molecule has 0 bridgehead atoms. The molecule has 3 rings (SSSR count). The van der Waals surface area contributed by atoms with Gasteiger partial charge in [-0.15, -0.1) is 11.3 Å². The topological polar surface area (TPSA) is 47.6 Å². The fourth-order valence-corrected chi connectivity index (χ4v) is 3.23. The fourth-order valence-electron chi connectivity index (χ4n) is 2.52. The van der Waals surface area contributed by atoms with E-state index in [0.29, 0.717) is 18.7 Å². The smallest absolute Gasteiger partial charge is 0.251 e. The summed E-state index contributed by atoms with van der Waals surface area (Å²) in [4.78, 5) is 13.4. The van der Waals surface area contributed by atoms with Crippen LogP contribution in [0.25, 0.3) is 0 Å². The number of hydrogen-bond acceptors (Lipinski definition) is 4. The molecule has 1 aliphatic heterocycles. The Bertz CT molecular complexity index is 604. The molecule has 1 saturated heterocycles. The molecule has 1 amide bonds. The zero-order valence-electron chi connectivity index (χ0n) is 13.0. The van der Waals surface area contributed by atoms with Crippen molar-refractivity contribution in [1.29, 1.82) is 0 Å². The van der Waals surface area contributed by atoms with Gasteiger partial charge in [0, 0.05) is 23.6 Å². The van der Waals surface area contributed by atoms with Gasteiger partial charge in [0.1, 0.15) is 12.4 Å². The standard InChI is InChI=1S/C18H21NO3S/c20-18(19-10-9-17-4-2-12-23-17)14-5-7-15(8-6-14)22-13-16-3-1-11-21-16/h2,4-8,12,16H,1,3,9-11,13H2,(H,19,20)/t16-/m0/s1. The summed E-state index contributed by atoms with van der Waals surface area (Å²) < 4.78 is 11.2. The quantitative estimate of drug-likeness (QED) is 0.847. The first-order valence-corrected chi connectivity index (χ1v) is 8.84. The number of hydrogen-bond donors (Lipinski definition) is 1. The highest BCUT2D eigenvalue weighted by Gasteiger charge is 2.16. The Morgan fingerprint density at radius 3 is 2.87 bits per heavy atom. The van der Waals surface area contributed by atoms with Gasteiger partial charge in [0.2, 0.25) is 0 Å². The highest BCUT2D eigenvalue weighted by atomic mass is 32.1. The highest BCUT2D eigenvalue weighted by molar-refractivity contribution is 7.09. The largest absolute Gasteiger partial charge is 0.491 e. The Balaban J connectivity index is 1.43. The molecule has 2 heterocycles. The first-order chi connectivity index (χ1) is 11.3. The number of thiophene rings is 1. The van der Waals surface area contributed by atoms with Gasteiger partial charge in [0.05, 0.1) is 6.10 Å². The lowest BCUT2D eigenvalue weighted by Gasteiger charge is -2.11. The van der Waals surface area contributed by atoms with Gasteiger partial charge < -0.3 is 14.8 Å². The van der Waals surface area contributed by atoms with Crippen LogP contribution in [0.15, 0.2) is 41.8 Å². The molecule has 0 aliphatic carbocycles. The number of benzene rings is 1. The summed E-state index contributed by atoms with van der Waals surface area (Å²) in [6.07, 6.45) is 3.24. The van der Waals surface area contributed by atoms with Crippen LogP contribution in [-0.4, -0.2) is 31.8 Å². The summed E-state index contributed by atoms with van der Waals surface area (Å²) in [7, 11) is 0. The molecule has 1 aliphatic rings. The molecule has 5 heteroatoms. The molecular formula is C18H21NO3S. The molecule has 4 nitrogen and oxygen atoms in total. The normalized spacial score (nSPS) is 17.1. The van der Waals surface area contributed by atoms with E-state index < -0.39 is 0 Å². The van der Waals surface area contributed by atoms with Crippen molar-refractivity contribution in [2.75, 3.05) is 19.8 Å². The van der Waals surface area contributed by atoms with Crippen LogP contribution >= 0.6 is 11.3 Å². The SMILES string of the molecule is O=C(NCCc1cccs1)c1ccc(OC[C@@H]2CCCO2)cc1. The van der Waals surface area contributed by atoms with Gasteiger partial charge in [-0.25, -0.2) is 0 Å². The van der Waals surface area contributed by atoms with Crippen molar-refractivity contribution in [2.24, 2.45) is 0 Å². The fraction of sp³-hybridized carbons (Fsp3) is 0.389. The average Bonchev–Trinajstić information content (AvgIpc) is 3.27. The van der Waals surface area contributed by atoms with Gasteiger partial charge in [-0.1, -0.05) is 6.07 Å². The van der Waals surface area contributed by atoms with Crippen LogP contribution < -0.4 is 10.1 Å². The number of carbonyl (C=O) groups is 1. The molecule has 0 unspecified atom stereocenters. The maximum absolute atomic E-state index is 12.1. The second-order valence-corrected chi connectivity index (χ2v) is 6.59. The zero-order chi connectivity index (χ0) is 15.9. The number of carbonyl (C=O) groups excluding carboxylic acids is 1. The van der Waals surface area contributed by atoms with Crippen LogP contribution in [0.1, 0.15) is 28.1 Å². The molecule has 1 atom stereocenters. The van der Waals surface area contributed by atoms with Crippen molar-refractivity contribution in [3.63, 3.8) is 0 Å². The first-order valence-electron chi connectivity index (χ1n) is 7.96. The van der Waals surface area contributed by atoms with Crippen LogP contribution in [0, 0.1) is 0 Å². The predicted molar refractivity (Wildman–Crippen MR) is 91.3 cm³/mol. The maximum atomic E-state index is 12.1. The average molecular weight is 331 g/mol. The molecule has 2 aromatic rings. The maximum Gasteiger partial charge on any atom is 0.251 e. The van der Waals surface area contributed by atoms with Crippen LogP contribution in [0.5, 0.6) is 5.75 Å². The number of amides is 1. The van der Waals surface area contributed by atoms with E-state index in [0.717, 1.165) is 31.6 Å². The zero-order valence-corrected chi connectivity index (χ0v) is 13.8. The minimum absolute atomic E-state index is 0.0489. The van der Waals surface area contributed by atoms with Gasteiger partial charge in [0.15, 0.2) is 0 Å². The van der Waals surface area contributed by atoms with E-state index in [2.05, 4.69) is 11.4 Å². The van der Waals surface area contributed by atoms with Crippen LogP contribution in [0.4, 0.5) is 0 Å². The molecule has 1 aromatic carbocycles. The van der Waals surface area contributed by atoms with Gasteiger partial charge in [-0.2, -0.15) is 0 Å². The molecule has 1 N–H and O–H groups in total. The van der Waals surface area contributed by atoms with Crippen LogP contribution in [0.2, 0.25) is 0 Å².